The number of hydrogen-bond acceptors (Lipinski definition) is 6. The zero-order valence-corrected chi connectivity index (χ0v) is 14.8. The van der Waals surface area contributed by atoms with Gasteiger partial charge in [0.15, 0.2) is 5.76 Å². The summed E-state index contributed by atoms with van der Waals surface area (Å²) in [4.78, 5) is 6.52. The molecule has 1 atom stereocenters. The van der Waals surface area contributed by atoms with Crippen molar-refractivity contribution in [1.29, 1.82) is 0 Å². The molecule has 0 aliphatic carbocycles. The van der Waals surface area contributed by atoms with Crippen molar-refractivity contribution in [3.05, 3.63) is 58.7 Å². The average molecular weight is 355 g/mol. The van der Waals surface area contributed by atoms with Crippen molar-refractivity contribution in [1.82, 2.24) is 15.0 Å². The summed E-state index contributed by atoms with van der Waals surface area (Å²) in [5.74, 6) is 0.868. The number of aromatic nitrogens is 2. The first-order valence-electron chi connectivity index (χ1n) is 8.58. The van der Waals surface area contributed by atoms with Gasteiger partial charge < -0.3 is 9.26 Å². The predicted octanol–water partition coefficient (Wildman–Crippen LogP) is 3.98. The van der Waals surface area contributed by atoms with Crippen LogP contribution in [0, 0.1) is 0 Å². The molecular formula is C19H21N3O2S. The Morgan fingerprint density at radius 3 is 3.04 bits per heavy atom. The van der Waals surface area contributed by atoms with Crippen LogP contribution in [-0.4, -0.2) is 34.3 Å². The van der Waals surface area contributed by atoms with E-state index in [9.17, 15) is 0 Å². The molecule has 0 N–H and O–H groups in total. The molecule has 25 heavy (non-hydrogen) atoms. The van der Waals surface area contributed by atoms with Gasteiger partial charge in [0.05, 0.1) is 12.6 Å². The maximum atomic E-state index is 5.82. The monoisotopic (exact) mass is 355 g/mol. The summed E-state index contributed by atoms with van der Waals surface area (Å²) in [6.45, 7) is 3.42. The summed E-state index contributed by atoms with van der Waals surface area (Å²) < 4.78 is 11.4. The van der Waals surface area contributed by atoms with Crippen molar-refractivity contribution in [2.45, 2.75) is 32.0 Å². The number of ether oxygens (including phenoxy) is 1. The first kappa shape index (κ1) is 16.4. The molecule has 0 saturated carbocycles. The zero-order chi connectivity index (χ0) is 16.9. The predicted molar refractivity (Wildman–Crippen MR) is 97.1 cm³/mol. The van der Waals surface area contributed by atoms with Crippen LogP contribution in [0.4, 0.5) is 0 Å². The van der Waals surface area contributed by atoms with Crippen LogP contribution in [0.15, 0.2) is 51.9 Å². The van der Waals surface area contributed by atoms with Gasteiger partial charge in [-0.05, 0) is 47.4 Å². The Morgan fingerprint density at radius 1 is 1.28 bits per heavy atom. The van der Waals surface area contributed by atoms with Crippen molar-refractivity contribution in [3.8, 4) is 11.3 Å². The molecular weight excluding hydrogens is 334 g/mol. The van der Waals surface area contributed by atoms with Crippen LogP contribution in [-0.2, 0) is 17.8 Å². The topological polar surface area (TPSA) is 51.4 Å². The Bertz CT molecular complexity index is 767. The molecule has 0 aromatic carbocycles. The molecule has 6 heteroatoms. The average Bonchev–Trinajstić information content (AvgIpc) is 3.38. The first-order valence-corrected chi connectivity index (χ1v) is 9.52. The van der Waals surface area contributed by atoms with E-state index in [1.54, 1.807) is 23.7 Å². The van der Waals surface area contributed by atoms with Crippen molar-refractivity contribution in [2.75, 3.05) is 13.2 Å². The highest BCUT2D eigenvalue weighted by Crippen LogP contribution is 2.21. The smallest absolute Gasteiger partial charge is 0.151 e. The maximum Gasteiger partial charge on any atom is 0.151 e. The standard InChI is InChI=1S/C19H21N3O2S/c1-3-16(10-20-6-1)19-9-18(24-21-19)13-22(11-15-5-8-25-14-15)12-17-4-2-7-23-17/h1,3,5-6,8-10,14,17H,2,4,7,11-13H2. The molecule has 3 aromatic heterocycles. The molecule has 1 fully saturated rings. The third-order valence-corrected chi connectivity index (χ3v) is 5.10. The normalized spacial score (nSPS) is 17.4. The highest BCUT2D eigenvalue weighted by atomic mass is 32.1. The van der Waals surface area contributed by atoms with E-state index in [0.29, 0.717) is 6.10 Å². The number of rotatable bonds is 7. The highest BCUT2D eigenvalue weighted by Gasteiger charge is 2.21. The third kappa shape index (κ3) is 4.34. The second-order valence-electron chi connectivity index (χ2n) is 6.36. The van der Waals surface area contributed by atoms with Crippen LogP contribution in [0.2, 0.25) is 0 Å². The van der Waals surface area contributed by atoms with Gasteiger partial charge in [0.1, 0.15) is 5.69 Å². The van der Waals surface area contributed by atoms with Gasteiger partial charge in [0, 0.05) is 43.7 Å². The minimum absolute atomic E-state index is 0.319. The van der Waals surface area contributed by atoms with Crippen LogP contribution in [0.3, 0.4) is 0 Å². The molecule has 0 radical (unpaired) electrons. The SMILES string of the molecule is c1cncc(-c2cc(CN(Cc3ccsc3)CC3CCCO3)on2)c1. The second-order valence-corrected chi connectivity index (χ2v) is 7.14. The van der Waals surface area contributed by atoms with E-state index >= 15 is 0 Å². The largest absolute Gasteiger partial charge is 0.377 e. The van der Waals surface area contributed by atoms with Crippen molar-refractivity contribution in [2.24, 2.45) is 0 Å². The van der Waals surface area contributed by atoms with Gasteiger partial charge in [0.2, 0.25) is 0 Å². The van der Waals surface area contributed by atoms with E-state index in [4.69, 9.17) is 9.26 Å². The Balaban J connectivity index is 1.46. The van der Waals surface area contributed by atoms with Crippen LogP contribution < -0.4 is 0 Å². The zero-order valence-electron chi connectivity index (χ0n) is 14.0. The molecule has 1 saturated heterocycles. The van der Waals surface area contributed by atoms with Crippen molar-refractivity contribution < 1.29 is 9.26 Å². The molecule has 5 nitrogen and oxygen atoms in total. The second kappa shape index (κ2) is 7.91. The molecule has 1 aliphatic rings. The summed E-state index contributed by atoms with van der Waals surface area (Å²) in [7, 11) is 0. The van der Waals surface area contributed by atoms with E-state index in [-0.39, 0.29) is 0 Å². The molecule has 4 rings (SSSR count). The first-order chi connectivity index (χ1) is 12.4. The number of pyridine rings is 1. The minimum Gasteiger partial charge on any atom is -0.377 e. The van der Waals surface area contributed by atoms with E-state index in [1.807, 2.05) is 18.2 Å². The molecule has 0 bridgehead atoms. The summed E-state index contributed by atoms with van der Waals surface area (Å²) in [5, 5.41) is 8.52. The Hall–Kier alpha value is -2.02. The summed E-state index contributed by atoms with van der Waals surface area (Å²) in [6, 6.07) is 8.08. The van der Waals surface area contributed by atoms with Crippen LogP contribution in [0.25, 0.3) is 11.3 Å². The Morgan fingerprint density at radius 2 is 2.28 bits per heavy atom. The van der Waals surface area contributed by atoms with E-state index in [0.717, 1.165) is 56.1 Å². The van der Waals surface area contributed by atoms with Gasteiger partial charge >= 0.3 is 0 Å². The van der Waals surface area contributed by atoms with E-state index in [2.05, 4.69) is 31.9 Å². The molecule has 3 aromatic rings. The molecule has 1 aliphatic heterocycles. The van der Waals surface area contributed by atoms with Gasteiger partial charge in [-0.1, -0.05) is 5.16 Å². The molecule has 4 heterocycles. The quantitative estimate of drug-likeness (QED) is 0.642. The fourth-order valence-electron chi connectivity index (χ4n) is 3.16. The Kier molecular flexibility index (Phi) is 5.20. The summed E-state index contributed by atoms with van der Waals surface area (Å²) in [6.07, 6.45) is 6.17. The molecule has 0 spiro atoms. The summed E-state index contributed by atoms with van der Waals surface area (Å²) in [5.41, 5.74) is 3.13. The van der Waals surface area contributed by atoms with E-state index in [1.165, 1.54) is 5.56 Å². The lowest BCUT2D eigenvalue weighted by atomic mass is 10.2. The lowest BCUT2D eigenvalue weighted by molar-refractivity contribution is 0.0647. The highest BCUT2D eigenvalue weighted by molar-refractivity contribution is 7.07. The van der Waals surface area contributed by atoms with Crippen molar-refractivity contribution in [3.63, 3.8) is 0 Å². The number of hydrogen-bond donors (Lipinski definition) is 0. The Labute approximate surface area is 151 Å². The van der Waals surface area contributed by atoms with E-state index < -0.39 is 0 Å². The minimum atomic E-state index is 0.319. The van der Waals surface area contributed by atoms with Crippen LogP contribution >= 0.6 is 11.3 Å². The number of thiophene rings is 1. The van der Waals surface area contributed by atoms with Gasteiger partial charge in [-0.3, -0.25) is 9.88 Å². The lowest BCUT2D eigenvalue weighted by Gasteiger charge is -2.23. The lowest BCUT2D eigenvalue weighted by Crippen LogP contribution is -2.31. The maximum absolute atomic E-state index is 5.82. The third-order valence-electron chi connectivity index (χ3n) is 4.37. The van der Waals surface area contributed by atoms with Crippen LogP contribution in [0.1, 0.15) is 24.2 Å². The summed E-state index contributed by atoms with van der Waals surface area (Å²) >= 11 is 1.73. The van der Waals surface area contributed by atoms with Gasteiger partial charge in [-0.25, -0.2) is 0 Å². The molecule has 1 unspecified atom stereocenters. The molecule has 0 amide bonds. The molecule has 130 valence electrons. The van der Waals surface area contributed by atoms with Gasteiger partial charge in [0.25, 0.3) is 0 Å². The van der Waals surface area contributed by atoms with Crippen molar-refractivity contribution >= 4 is 11.3 Å². The van der Waals surface area contributed by atoms with Gasteiger partial charge in [-0.15, -0.1) is 0 Å². The number of nitrogens with zero attached hydrogens (tertiary/aromatic N) is 3. The van der Waals surface area contributed by atoms with Crippen LogP contribution in [0.5, 0.6) is 0 Å². The fraction of sp³-hybridized carbons (Fsp3) is 0.368. The fourth-order valence-corrected chi connectivity index (χ4v) is 3.82. The van der Waals surface area contributed by atoms with Gasteiger partial charge in [-0.2, -0.15) is 11.3 Å².